The van der Waals surface area contributed by atoms with Crippen LogP contribution in [0.4, 0.5) is 15.8 Å². The minimum Gasteiger partial charge on any atom is -0.492 e. The van der Waals surface area contributed by atoms with Gasteiger partial charge in [0.05, 0.1) is 18.5 Å². The van der Waals surface area contributed by atoms with Crippen LogP contribution in [0.1, 0.15) is 12.8 Å². The fourth-order valence-electron chi connectivity index (χ4n) is 2.10. The van der Waals surface area contributed by atoms with Gasteiger partial charge < -0.3 is 15.4 Å². The Morgan fingerprint density at radius 2 is 2.06 bits per heavy atom. The van der Waals surface area contributed by atoms with Crippen molar-refractivity contribution in [2.75, 3.05) is 30.8 Å². The molecule has 1 aliphatic heterocycles. The van der Waals surface area contributed by atoms with Gasteiger partial charge in [-0.25, -0.2) is 4.39 Å². The van der Waals surface area contributed by atoms with Crippen LogP contribution in [0.25, 0.3) is 0 Å². The summed E-state index contributed by atoms with van der Waals surface area (Å²) < 4.78 is 18.3. The smallest absolute Gasteiger partial charge is 0.165 e. The van der Waals surface area contributed by atoms with E-state index in [1.165, 1.54) is 0 Å². The first kappa shape index (κ1) is 11.0. The van der Waals surface area contributed by atoms with Crippen LogP contribution < -0.4 is 15.4 Å². The summed E-state index contributed by atoms with van der Waals surface area (Å²) in [5.41, 5.74) is 7.43. The van der Waals surface area contributed by atoms with Crippen molar-refractivity contribution in [1.82, 2.24) is 0 Å². The van der Waals surface area contributed by atoms with Crippen LogP contribution in [0.5, 0.6) is 5.75 Å². The molecule has 88 valence electrons. The molecule has 0 spiro atoms. The molecule has 0 radical (unpaired) electrons. The number of halogens is 1. The van der Waals surface area contributed by atoms with E-state index in [0.717, 1.165) is 18.8 Å². The first-order chi connectivity index (χ1) is 7.72. The zero-order valence-electron chi connectivity index (χ0n) is 9.45. The molecule has 0 aromatic heterocycles. The number of nitrogen functional groups attached to an aromatic ring is 1. The molecule has 1 saturated heterocycles. The van der Waals surface area contributed by atoms with Crippen molar-refractivity contribution >= 4 is 11.4 Å². The van der Waals surface area contributed by atoms with Gasteiger partial charge in [0.15, 0.2) is 5.75 Å². The number of anilines is 2. The zero-order valence-corrected chi connectivity index (χ0v) is 9.45. The molecule has 4 heteroatoms. The number of alkyl halides is 1. The molecule has 0 saturated carbocycles. The zero-order chi connectivity index (χ0) is 11.5. The Morgan fingerprint density at radius 3 is 2.69 bits per heavy atom. The van der Waals surface area contributed by atoms with Crippen molar-refractivity contribution in [3.63, 3.8) is 0 Å². The Morgan fingerprint density at radius 1 is 1.38 bits per heavy atom. The highest BCUT2D eigenvalue weighted by atomic mass is 19.1. The van der Waals surface area contributed by atoms with Gasteiger partial charge in [-0.3, -0.25) is 0 Å². The molecule has 1 aromatic rings. The van der Waals surface area contributed by atoms with E-state index in [-0.39, 0.29) is 0 Å². The highest BCUT2D eigenvalue weighted by Crippen LogP contribution is 2.35. The maximum absolute atomic E-state index is 13.1. The number of rotatable bonds is 2. The lowest BCUT2D eigenvalue weighted by atomic mass is 10.1. The molecular formula is C12H17FN2O. The number of nitrogens with zero attached hydrogens (tertiary/aromatic N) is 1. The summed E-state index contributed by atoms with van der Waals surface area (Å²) in [5, 5.41) is 0. The highest BCUT2D eigenvalue weighted by Gasteiger charge is 2.21. The number of nitrogens with two attached hydrogens (primary N) is 1. The molecule has 1 fully saturated rings. The van der Waals surface area contributed by atoms with Crippen molar-refractivity contribution in [1.29, 1.82) is 0 Å². The molecule has 1 aliphatic rings. The van der Waals surface area contributed by atoms with Crippen LogP contribution in [0, 0.1) is 0 Å². The van der Waals surface area contributed by atoms with E-state index >= 15 is 0 Å². The van der Waals surface area contributed by atoms with Gasteiger partial charge in [0.25, 0.3) is 0 Å². The predicted octanol–water partition coefficient (Wildman–Crippen LogP) is 2.22. The number of hydrogen-bond donors (Lipinski definition) is 1. The van der Waals surface area contributed by atoms with E-state index < -0.39 is 6.17 Å². The fourth-order valence-corrected chi connectivity index (χ4v) is 2.10. The van der Waals surface area contributed by atoms with E-state index in [4.69, 9.17) is 10.5 Å². The summed E-state index contributed by atoms with van der Waals surface area (Å²) in [5.74, 6) is 0.694. The molecule has 0 atom stereocenters. The Bertz CT molecular complexity index is 362. The lowest BCUT2D eigenvalue weighted by Crippen LogP contribution is -2.34. The molecule has 0 bridgehead atoms. The number of hydrogen-bond acceptors (Lipinski definition) is 3. The molecule has 16 heavy (non-hydrogen) atoms. The van der Waals surface area contributed by atoms with Gasteiger partial charge in [-0.15, -0.1) is 0 Å². The lowest BCUT2D eigenvalue weighted by Gasteiger charge is -2.31. The van der Waals surface area contributed by atoms with E-state index in [9.17, 15) is 4.39 Å². The van der Waals surface area contributed by atoms with Gasteiger partial charge in [-0.1, -0.05) is 6.07 Å². The predicted molar refractivity (Wildman–Crippen MR) is 63.7 cm³/mol. The number of piperidine rings is 1. The summed E-state index contributed by atoms with van der Waals surface area (Å²) in [6, 6.07) is 5.67. The standard InChI is InChI=1S/C12H17FN2O/c1-16-12-10(14)3-2-4-11(12)15-7-5-9(13)6-8-15/h2-4,9H,5-8,14H2,1H3. The van der Waals surface area contributed by atoms with Crippen LogP contribution in [-0.4, -0.2) is 26.4 Å². The third-order valence-corrected chi connectivity index (χ3v) is 2.99. The number of ether oxygens (including phenoxy) is 1. The number of para-hydroxylation sites is 1. The molecule has 0 unspecified atom stereocenters. The van der Waals surface area contributed by atoms with Crippen molar-refractivity contribution in [2.45, 2.75) is 19.0 Å². The summed E-state index contributed by atoms with van der Waals surface area (Å²) in [6.07, 6.45) is 0.499. The first-order valence-corrected chi connectivity index (χ1v) is 5.54. The van der Waals surface area contributed by atoms with Crippen LogP contribution in [0.3, 0.4) is 0 Å². The van der Waals surface area contributed by atoms with Gasteiger partial charge in [0.2, 0.25) is 0 Å². The third-order valence-electron chi connectivity index (χ3n) is 2.99. The van der Waals surface area contributed by atoms with Gasteiger partial charge >= 0.3 is 0 Å². The average molecular weight is 224 g/mol. The maximum atomic E-state index is 13.1. The normalized spacial score (nSPS) is 17.5. The topological polar surface area (TPSA) is 38.5 Å². The van der Waals surface area contributed by atoms with Gasteiger partial charge in [0.1, 0.15) is 6.17 Å². The quantitative estimate of drug-likeness (QED) is 0.783. The molecule has 1 heterocycles. The van der Waals surface area contributed by atoms with E-state index in [1.54, 1.807) is 7.11 Å². The van der Waals surface area contributed by atoms with Gasteiger partial charge in [-0.2, -0.15) is 0 Å². The average Bonchev–Trinajstić information content (AvgIpc) is 2.30. The van der Waals surface area contributed by atoms with E-state index in [1.807, 2.05) is 18.2 Å². The number of methoxy groups -OCH3 is 1. The minimum absolute atomic E-state index is 0.581. The molecule has 0 amide bonds. The second-order valence-corrected chi connectivity index (χ2v) is 4.06. The maximum Gasteiger partial charge on any atom is 0.165 e. The number of benzene rings is 1. The minimum atomic E-state index is -0.664. The Hall–Kier alpha value is -1.45. The monoisotopic (exact) mass is 224 g/mol. The Balaban J connectivity index is 2.23. The summed E-state index contributed by atoms with van der Waals surface area (Å²) in [4.78, 5) is 2.13. The van der Waals surface area contributed by atoms with Crippen LogP contribution in [0.2, 0.25) is 0 Å². The second kappa shape index (κ2) is 4.60. The largest absolute Gasteiger partial charge is 0.492 e. The SMILES string of the molecule is COc1c(N)cccc1N1CCC(F)CC1. The van der Waals surface area contributed by atoms with E-state index in [2.05, 4.69) is 4.90 Å². The summed E-state index contributed by atoms with van der Waals surface area (Å²) in [7, 11) is 1.61. The van der Waals surface area contributed by atoms with Gasteiger partial charge in [0, 0.05) is 13.1 Å². The van der Waals surface area contributed by atoms with E-state index in [0.29, 0.717) is 24.3 Å². The molecule has 2 N–H and O–H groups in total. The molecule has 3 nitrogen and oxygen atoms in total. The van der Waals surface area contributed by atoms with Gasteiger partial charge in [-0.05, 0) is 25.0 Å². The van der Waals surface area contributed by atoms with Crippen molar-refractivity contribution < 1.29 is 9.13 Å². The Kier molecular flexibility index (Phi) is 3.17. The summed E-state index contributed by atoms with van der Waals surface area (Å²) >= 11 is 0. The highest BCUT2D eigenvalue weighted by molar-refractivity contribution is 5.70. The van der Waals surface area contributed by atoms with Crippen molar-refractivity contribution in [2.24, 2.45) is 0 Å². The summed E-state index contributed by atoms with van der Waals surface area (Å²) in [6.45, 7) is 1.45. The van der Waals surface area contributed by atoms with Crippen LogP contribution in [0.15, 0.2) is 18.2 Å². The first-order valence-electron chi connectivity index (χ1n) is 5.54. The lowest BCUT2D eigenvalue weighted by molar-refractivity contribution is 0.276. The second-order valence-electron chi connectivity index (χ2n) is 4.06. The fraction of sp³-hybridized carbons (Fsp3) is 0.500. The van der Waals surface area contributed by atoms with Crippen molar-refractivity contribution in [3.05, 3.63) is 18.2 Å². The molecule has 1 aromatic carbocycles. The van der Waals surface area contributed by atoms with Crippen molar-refractivity contribution in [3.8, 4) is 5.75 Å². The molecule has 2 rings (SSSR count). The van der Waals surface area contributed by atoms with Crippen LogP contribution >= 0.6 is 0 Å². The molecule has 0 aliphatic carbocycles. The van der Waals surface area contributed by atoms with Crippen LogP contribution in [-0.2, 0) is 0 Å². The Labute approximate surface area is 95.0 Å². The molecular weight excluding hydrogens is 207 g/mol. The third kappa shape index (κ3) is 2.05.